The molecule has 2 nitrogen and oxygen atoms in total. The first kappa shape index (κ1) is 20.6. The molecule has 2 N–H and O–H groups in total. The van der Waals surface area contributed by atoms with Gasteiger partial charge in [-0.25, -0.2) is 0 Å². The van der Waals surface area contributed by atoms with Crippen LogP contribution in [-0.4, -0.2) is 10.2 Å². The van der Waals surface area contributed by atoms with Crippen LogP contribution in [0, 0.1) is 0 Å². The zero-order valence-electron chi connectivity index (χ0n) is 16.7. The Labute approximate surface area is 163 Å². The molecule has 0 aromatic heterocycles. The van der Waals surface area contributed by atoms with Gasteiger partial charge in [0, 0.05) is 0 Å². The lowest BCUT2D eigenvalue weighted by molar-refractivity contribution is 0.403. The average molecular weight is 363 g/mol. The second-order valence-corrected chi connectivity index (χ2v) is 8.16. The number of benzene rings is 3. The molecule has 1 aliphatic carbocycles. The number of para-hydroxylation sites is 2. The van der Waals surface area contributed by atoms with Gasteiger partial charge in [-0.2, -0.15) is 0 Å². The molecule has 0 aliphatic heterocycles. The van der Waals surface area contributed by atoms with E-state index in [1.165, 1.54) is 6.42 Å². The van der Waals surface area contributed by atoms with Gasteiger partial charge in [0.15, 0.2) is 0 Å². The Bertz CT molecular complexity index is 751. The minimum atomic E-state index is 0.322. The van der Waals surface area contributed by atoms with Gasteiger partial charge in [0.05, 0.1) is 0 Å². The molecule has 0 fully saturated rings. The third-order valence-corrected chi connectivity index (χ3v) is 4.78. The van der Waals surface area contributed by atoms with Crippen molar-refractivity contribution < 1.29 is 10.2 Å². The van der Waals surface area contributed by atoms with E-state index in [4.69, 9.17) is 10.2 Å². The smallest absolute Gasteiger partial charge is 0.115 e. The summed E-state index contributed by atoms with van der Waals surface area (Å²) in [6.07, 6.45) is 1.26. The Kier molecular flexibility index (Phi) is 6.68. The molecular formula is C25H30O2. The molecule has 0 atom stereocenters. The van der Waals surface area contributed by atoms with E-state index in [0.717, 1.165) is 0 Å². The van der Waals surface area contributed by atoms with Crippen LogP contribution in [0.5, 0.6) is 11.5 Å². The number of hydrogen-bond acceptors (Lipinski definition) is 2. The summed E-state index contributed by atoms with van der Waals surface area (Å²) in [4.78, 5) is 0. The van der Waals surface area contributed by atoms with Crippen molar-refractivity contribution in [3.8, 4) is 11.5 Å². The summed E-state index contributed by atoms with van der Waals surface area (Å²) in [5, 5.41) is 17.3. The molecule has 0 heterocycles. The van der Waals surface area contributed by atoms with Crippen LogP contribution in [0.2, 0.25) is 0 Å². The van der Waals surface area contributed by atoms with Crippen LogP contribution < -0.4 is 0 Å². The summed E-state index contributed by atoms with van der Waals surface area (Å²) in [7, 11) is 0. The third kappa shape index (κ3) is 5.89. The van der Waals surface area contributed by atoms with Gasteiger partial charge < -0.3 is 10.2 Å². The molecule has 142 valence electrons. The maximum Gasteiger partial charge on any atom is 0.115 e. The molecule has 3 aromatic carbocycles. The fraction of sp³-hybridized carbons (Fsp3) is 0.280. The lowest BCUT2D eigenvalue weighted by Gasteiger charge is -2.22. The van der Waals surface area contributed by atoms with Gasteiger partial charge in [-0.1, -0.05) is 88.4 Å². The number of phenols is 2. The molecule has 0 radical (unpaired) electrons. The van der Waals surface area contributed by atoms with Gasteiger partial charge in [0.1, 0.15) is 11.5 Å². The van der Waals surface area contributed by atoms with Crippen LogP contribution in [0.3, 0.4) is 0 Å². The van der Waals surface area contributed by atoms with Crippen LogP contribution in [-0.2, 0) is 10.8 Å². The lowest BCUT2D eigenvalue weighted by Crippen LogP contribution is -2.17. The summed E-state index contributed by atoms with van der Waals surface area (Å²) in [5.74, 6) is 0.644. The van der Waals surface area contributed by atoms with Gasteiger partial charge in [-0.05, 0) is 52.6 Å². The van der Waals surface area contributed by atoms with Crippen LogP contribution >= 0.6 is 0 Å². The highest BCUT2D eigenvalue weighted by Gasteiger charge is 2.41. The summed E-state index contributed by atoms with van der Waals surface area (Å²) in [5.41, 5.74) is 3.81. The first-order chi connectivity index (χ1) is 12.7. The number of phenolic OH excluding ortho intramolecular Hbond substituents is 2. The van der Waals surface area contributed by atoms with Gasteiger partial charge in [-0.15, -0.1) is 0 Å². The van der Waals surface area contributed by atoms with E-state index < -0.39 is 0 Å². The zero-order valence-corrected chi connectivity index (χ0v) is 16.7. The normalized spacial score (nSPS) is 15.4. The van der Waals surface area contributed by atoms with Gasteiger partial charge in [-0.3, -0.25) is 0 Å². The number of hydrogen-bond donors (Lipinski definition) is 2. The number of fused-ring (bicyclic) bond motifs is 1. The van der Waals surface area contributed by atoms with Crippen molar-refractivity contribution in [3.05, 3.63) is 96.1 Å². The molecule has 4 rings (SSSR count). The molecule has 0 unspecified atom stereocenters. The van der Waals surface area contributed by atoms with E-state index in [2.05, 4.69) is 52.0 Å². The Hall–Kier alpha value is -2.74. The van der Waals surface area contributed by atoms with E-state index in [-0.39, 0.29) is 0 Å². The van der Waals surface area contributed by atoms with Crippen LogP contribution in [0.25, 0.3) is 0 Å². The standard InChI is InChI=1S/C13H18.2C6H6O/c1-12(2)9-13(3,4)11-8-6-5-7-10(11)12;2*7-6-4-2-1-3-5-6/h5-8H,9H2,1-4H3;2*1-5,7H. The SMILES string of the molecule is CC1(C)CC(C)(C)c2ccccc21.Oc1ccccc1.Oc1ccccc1. The largest absolute Gasteiger partial charge is 0.508 e. The van der Waals surface area contributed by atoms with Crippen molar-refractivity contribution in [1.29, 1.82) is 0 Å². The summed E-state index contributed by atoms with van der Waals surface area (Å²) >= 11 is 0. The maximum absolute atomic E-state index is 8.63. The Morgan fingerprint density at radius 2 is 0.815 bits per heavy atom. The third-order valence-electron chi connectivity index (χ3n) is 4.78. The van der Waals surface area contributed by atoms with E-state index in [1.54, 1.807) is 59.7 Å². The summed E-state index contributed by atoms with van der Waals surface area (Å²) in [6, 6.07) is 26.3. The molecular weight excluding hydrogens is 332 g/mol. The minimum Gasteiger partial charge on any atom is -0.508 e. The molecule has 0 saturated carbocycles. The Balaban J connectivity index is 0.000000159. The molecule has 0 saturated heterocycles. The minimum absolute atomic E-state index is 0.322. The monoisotopic (exact) mass is 362 g/mol. The second-order valence-electron chi connectivity index (χ2n) is 8.16. The number of rotatable bonds is 0. The van der Waals surface area contributed by atoms with Crippen molar-refractivity contribution in [3.63, 3.8) is 0 Å². The van der Waals surface area contributed by atoms with Crippen molar-refractivity contribution in [1.82, 2.24) is 0 Å². The van der Waals surface area contributed by atoms with Crippen molar-refractivity contribution in [2.75, 3.05) is 0 Å². The predicted molar refractivity (Wildman–Crippen MR) is 113 cm³/mol. The van der Waals surface area contributed by atoms with Crippen molar-refractivity contribution in [2.24, 2.45) is 0 Å². The van der Waals surface area contributed by atoms with E-state index >= 15 is 0 Å². The molecule has 3 aromatic rings. The highest BCUT2D eigenvalue weighted by molar-refractivity contribution is 5.44. The Morgan fingerprint density at radius 1 is 0.519 bits per heavy atom. The maximum atomic E-state index is 8.63. The van der Waals surface area contributed by atoms with E-state index in [9.17, 15) is 0 Å². The van der Waals surface area contributed by atoms with Crippen molar-refractivity contribution in [2.45, 2.75) is 44.9 Å². The van der Waals surface area contributed by atoms with E-state index in [0.29, 0.717) is 22.3 Å². The van der Waals surface area contributed by atoms with Crippen LogP contribution in [0.1, 0.15) is 45.2 Å². The fourth-order valence-electron chi connectivity index (χ4n) is 3.81. The highest BCUT2D eigenvalue weighted by Crippen LogP contribution is 2.48. The van der Waals surface area contributed by atoms with Gasteiger partial charge in [0.2, 0.25) is 0 Å². The van der Waals surface area contributed by atoms with Crippen LogP contribution in [0.4, 0.5) is 0 Å². The van der Waals surface area contributed by atoms with Crippen molar-refractivity contribution >= 4 is 0 Å². The quantitative estimate of drug-likeness (QED) is 0.484. The molecule has 1 aliphatic rings. The summed E-state index contributed by atoms with van der Waals surface area (Å²) < 4.78 is 0. The first-order valence-corrected chi connectivity index (χ1v) is 9.30. The predicted octanol–water partition coefficient (Wildman–Crippen LogP) is 6.43. The zero-order chi connectivity index (χ0) is 19.9. The Morgan fingerprint density at radius 3 is 1.07 bits per heavy atom. The first-order valence-electron chi connectivity index (χ1n) is 9.30. The highest BCUT2D eigenvalue weighted by atomic mass is 16.3. The molecule has 0 bridgehead atoms. The van der Waals surface area contributed by atoms with E-state index in [1.807, 2.05) is 12.1 Å². The molecule has 0 spiro atoms. The van der Waals surface area contributed by atoms with Gasteiger partial charge >= 0.3 is 0 Å². The average Bonchev–Trinajstić information content (AvgIpc) is 2.82. The molecule has 0 amide bonds. The summed E-state index contributed by atoms with van der Waals surface area (Å²) in [6.45, 7) is 9.39. The fourth-order valence-corrected chi connectivity index (χ4v) is 3.81. The number of aromatic hydroxyl groups is 2. The van der Waals surface area contributed by atoms with Crippen LogP contribution in [0.15, 0.2) is 84.9 Å². The van der Waals surface area contributed by atoms with Gasteiger partial charge in [0.25, 0.3) is 0 Å². The lowest BCUT2D eigenvalue weighted by atomic mass is 9.82. The molecule has 27 heavy (non-hydrogen) atoms. The topological polar surface area (TPSA) is 40.5 Å². The molecule has 2 heteroatoms. The second kappa shape index (κ2) is 8.77.